The minimum absolute atomic E-state index is 0.148. The van der Waals surface area contributed by atoms with E-state index in [4.69, 9.17) is 47.5 Å². The van der Waals surface area contributed by atoms with E-state index in [2.05, 4.69) is 12.2 Å². The number of rotatable bonds is 12. The van der Waals surface area contributed by atoms with Gasteiger partial charge in [0, 0.05) is 27.1 Å². The van der Waals surface area contributed by atoms with E-state index in [9.17, 15) is 4.79 Å². The van der Waals surface area contributed by atoms with Crippen molar-refractivity contribution in [3.8, 4) is 11.5 Å². The van der Waals surface area contributed by atoms with Crippen molar-refractivity contribution in [2.45, 2.75) is 51.6 Å². The first-order valence-electron chi connectivity index (χ1n) is 14.0. The van der Waals surface area contributed by atoms with E-state index in [1.165, 1.54) is 0 Å². The van der Waals surface area contributed by atoms with Gasteiger partial charge in [-0.15, -0.1) is 5.10 Å². The van der Waals surface area contributed by atoms with Crippen molar-refractivity contribution in [1.29, 1.82) is 0 Å². The molecule has 0 amide bonds. The van der Waals surface area contributed by atoms with Gasteiger partial charge >= 0.3 is 5.97 Å². The van der Waals surface area contributed by atoms with E-state index in [1.54, 1.807) is 28.6 Å². The number of benzene rings is 3. The highest BCUT2D eigenvalue weighted by Gasteiger charge is 2.36. The number of allylic oxidation sites excluding steroid dienone is 1. The summed E-state index contributed by atoms with van der Waals surface area (Å²) in [6.07, 6.45) is 0.986. The highest BCUT2D eigenvalue weighted by Crippen LogP contribution is 2.40. The van der Waals surface area contributed by atoms with Crippen LogP contribution >= 0.6 is 35.0 Å². The summed E-state index contributed by atoms with van der Waals surface area (Å²) in [7, 11) is 0. The van der Waals surface area contributed by atoms with Crippen LogP contribution in [0.3, 0.4) is 0 Å². The average molecular weight is 640 g/mol. The fraction of sp³-hybridized carbons (Fsp3) is 0.281. The number of carbonyl (C=O) groups excluding carboxylic acids is 1. The summed E-state index contributed by atoms with van der Waals surface area (Å²) in [6, 6.07) is 19.9. The molecule has 0 bridgehead atoms. The summed E-state index contributed by atoms with van der Waals surface area (Å²) in [5, 5.41) is 9.76. The lowest BCUT2D eigenvalue weighted by atomic mass is 9.95. The molecule has 3 aromatic carbocycles. The predicted octanol–water partition coefficient (Wildman–Crippen LogP) is 8.10. The van der Waals surface area contributed by atoms with Gasteiger partial charge in [-0.2, -0.15) is 4.98 Å². The fourth-order valence-electron chi connectivity index (χ4n) is 4.64. The Morgan fingerprint density at radius 1 is 1.00 bits per heavy atom. The number of carbonyl (C=O) groups is 1. The summed E-state index contributed by atoms with van der Waals surface area (Å²) in [5.41, 5.74) is 3.54. The quantitative estimate of drug-likeness (QED) is 0.123. The Morgan fingerprint density at radius 2 is 1.81 bits per heavy atom. The standard InChI is InChI=1S/C32H32Cl2N4O4S/c1-4-15-43-32-36-31-35-20(3)28(30(39)42-18-21-9-7-6-8-10-21)29(38(31)37-32)22-12-14-26(27(16-22)40-5-2)41-19-23-11-13-24(33)17-25(23)34/h6-14,16-17,29H,4-5,15,18-19H2,1-3H3,(H,35,36,37). The minimum Gasteiger partial charge on any atom is -0.490 e. The number of esters is 1. The number of halogens is 2. The molecule has 1 unspecified atom stereocenters. The van der Waals surface area contributed by atoms with Crippen LogP contribution in [0, 0.1) is 0 Å². The SMILES string of the molecule is CCCSc1nc2n(n1)C(c1ccc(OCc3ccc(Cl)cc3Cl)c(OCC)c1)C(C(=O)OCc1ccccc1)=C(C)N2. The molecule has 8 nitrogen and oxygen atoms in total. The van der Waals surface area contributed by atoms with Crippen LogP contribution in [0.25, 0.3) is 0 Å². The van der Waals surface area contributed by atoms with Crippen molar-refractivity contribution >= 4 is 46.9 Å². The number of anilines is 1. The van der Waals surface area contributed by atoms with E-state index in [0.717, 1.165) is 28.9 Å². The molecule has 1 aliphatic heterocycles. The zero-order valence-corrected chi connectivity index (χ0v) is 26.4. The van der Waals surface area contributed by atoms with Crippen LogP contribution in [0.2, 0.25) is 10.0 Å². The molecule has 1 N–H and O–H groups in total. The van der Waals surface area contributed by atoms with E-state index >= 15 is 0 Å². The van der Waals surface area contributed by atoms with E-state index < -0.39 is 12.0 Å². The lowest BCUT2D eigenvalue weighted by molar-refractivity contribution is -0.140. The van der Waals surface area contributed by atoms with Crippen molar-refractivity contribution in [1.82, 2.24) is 14.8 Å². The molecule has 0 fully saturated rings. The maximum atomic E-state index is 13.7. The number of nitrogens with one attached hydrogen (secondary N) is 1. The number of aromatic nitrogens is 3. The highest BCUT2D eigenvalue weighted by molar-refractivity contribution is 7.99. The molecular weight excluding hydrogens is 607 g/mol. The second-order valence-electron chi connectivity index (χ2n) is 9.80. The van der Waals surface area contributed by atoms with Gasteiger partial charge in [0.05, 0.1) is 12.2 Å². The molecule has 224 valence electrons. The topological polar surface area (TPSA) is 87.5 Å². The number of hydrogen-bond donors (Lipinski definition) is 1. The Hall–Kier alpha value is -3.66. The summed E-state index contributed by atoms with van der Waals surface area (Å²) in [5.74, 6) is 2.05. The van der Waals surface area contributed by atoms with Crippen molar-refractivity contribution in [2.75, 3.05) is 17.7 Å². The number of fused-ring (bicyclic) bond motifs is 1. The van der Waals surface area contributed by atoms with Crippen molar-refractivity contribution < 1.29 is 19.0 Å². The number of ether oxygens (including phenoxy) is 3. The summed E-state index contributed by atoms with van der Waals surface area (Å²) < 4.78 is 19.7. The number of hydrogen-bond acceptors (Lipinski definition) is 8. The van der Waals surface area contributed by atoms with Gasteiger partial charge in [0.1, 0.15) is 19.3 Å². The fourth-order valence-corrected chi connectivity index (χ4v) is 5.78. The van der Waals surface area contributed by atoms with E-state index in [0.29, 0.717) is 50.5 Å². The van der Waals surface area contributed by atoms with E-state index in [1.807, 2.05) is 68.4 Å². The molecule has 1 aromatic heterocycles. The van der Waals surface area contributed by atoms with E-state index in [-0.39, 0.29) is 13.2 Å². The third kappa shape index (κ3) is 7.29. The molecular formula is C32H32Cl2N4O4S. The molecule has 0 radical (unpaired) electrons. The van der Waals surface area contributed by atoms with Crippen LogP contribution < -0.4 is 14.8 Å². The second kappa shape index (κ2) is 14.2. The summed E-state index contributed by atoms with van der Waals surface area (Å²) >= 11 is 14.0. The molecule has 43 heavy (non-hydrogen) atoms. The lowest BCUT2D eigenvalue weighted by Gasteiger charge is -2.28. The normalized spacial score (nSPS) is 14.2. The molecule has 0 spiro atoms. The molecule has 1 aliphatic rings. The lowest BCUT2D eigenvalue weighted by Crippen LogP contribution is -2.29. The molecule has 0 saturated heterocycles. The van der Waals surface area contributed by atoms with Gasteiger partial charge in [0.15, 0.2) is 11.5 Å². The molecule has 5 rings (SSSR count). The van der Waals surface area contributed by atoms with Crippen LogP contribution in [0.5, 0.6) is 11.5 Å². The van der Waals surface area contributed by atoms with Crippen LogP contribution in [0.4, 0.5) is 5.95 Å². The summed E-state index contributed by atoms with van der Waals surface area (Å²) in [6.45, 7) is 6.65. The Bertz CT molecular complexity index is 1630. The zero-order chi connectivity index (χ0) is 30.3. The maximum absolute atomic E-state index is 13.7. The third-order valence-corrected chi connectivity index (χ3v) is 8.31. The molecule has 0 saturated carbocycles. The van der Waals surface area contributed by atoms with Gasteiger partial charge in [-0.25, -0.2) is 9.48 Å². The summed E-state index contributed by atoms with van der Waals surface area (Å²) in [4.78, 5) is 18.4. The number of thioether (sulfide) groups is 1. The van der Waals surface area contributed by atoms with Crippen molar-refractivity contribution in [2.24, 2.45) is 0 Å². The first-order chi connectivity index (χ1) is 20.9. The molecule has 11 heteroatoms. The maximum Gasteiger partial charge on any atom is 0.338 e. The first kappa shape index (κ1) is 30.8. The van der Waals surface area contributed by atoms with Gasteiger partial charge in [-0.3, -0.25) is 0 Å². The van der Waals surface area contributed by atoms with Crippen LogP contribution in [0.15, 0.2) is 83.2 Å². The Kier molecular flexibility index (Phi) is 10.2. The third-order valence-electron chi connectivity index (χ3n) is 6.68. The second-order valence-corrected chi connectivity index (χ2v) is 11.7. The van der Waals surface area contributed by atoms with Crippen molar-refractivity contribution in [3.05, 3.63) is 105 Å². The highest BCUT2D eigenvalue weighted by atomic mass is 35.5. The molecule has 0 aliphatic carbocycles. The smallest absolute Gasteiger partial charge is 0.338 e. The molecule has 2 heterocycles. The Labute approximate surface area is 265 Å². The van der Waals surface area contributed by atoms with Gasteiger partial charge < -0.3 is 19.5 Å². The van der Waals surface area contributed by atoms with Gasteiger partial charge in [-0.1, -0.05) is 84.4 Å². The van der Waals surface area contributed by atoms with Gasteiger partial charge in [0.2, 0.25) is 11.1 Å². The van der Waals surface area contributed by atoms with Crippen molar-refractivity contribution in [3.63, 3.8) is 0 Å². The molecule has 1 atom stereocenters. The minimum atomic E-state index is -0.609. The van der Waals surface area contributed by atoms with Crippen LogP contribution in [0.1, 0.15) is 49.9 Å². The Morgan fingerprint density at radius 3 is 2.56 bits per heavy atom. The largest absolute Gasteiger partial charge is 0.490 e. The zero-order valence-electron chi connectivity index (χ0n) is 24.1. The Balaban J connectivity index is 1.49. The predicted molar refractivity (Wildman–Crippen MR) is 170 cm³/mol. The van der Waals surface area contributed by atoms with Crippen LogP contribution in [-0.4, -0.2) is 33.1 Å². The van der Waals surface area contributed by atoms with Crippen LogP contribution in [-0.2, 0) is 22.7 Å². The van der Waals surface area contributed by atoms with Gasteiger partial charge in [0.25, 0.3) is 0 Å². The number of nitrogens with zero attached hydrogens (tertiary/aromatic N) is 3. The van der Waals surface area contributed by atoms with Gasteiger partial charge in [-0.05, 0) is 55.7 Å². The first-order valence-corrected chi connectivity index (χ1v) is 15.7. The average Bonchev–Trinajstić information content (AvgIpc) is 3.41. The molecule has 4 aromatic rings. The monoisotopic (exact) mass is 638 g/mol.